The summed E-state index contributed by atoms with van der Waals surface area (Å²) in [6.07, 6.45) is 2.60. The van der Waals surface area contributed by atoms with Gasteiger partial charge in [0.05, 0.1) is 11.3 Å². The normalized spacial score (nSPS) is 22.3. The molecule has 2 aliphatic heterocycles. The van der Waals surface area contributed by atoms with E-state index in [0.29, 0.717) is 18.7 Å². The van der Waals surface area contributed by atoms with E-state index >= 15 is 0 Å². The van der Waals surface area contributed by atoms with Gasteiger partial charge in [0.2, 0.25) is 5.91 Å². The molecule has 0 unspecified atom stereocenters. The summed E-state index contributed by atoms with van der Waals surface area (Å²) in [6.45, 7) is 3.42. The molecule has 4 nitrogen and oxygen atoms in total. The Morgan fingerprint density at radius 2 is 2.05 bits per heavy atom. The molecule has 2 heterocycles. The van der Waals surface area contributed by atoms with Crippen LogP contribution >= 0.6 is 0 Å². The minimum atomic E-state index is -0.258. The molecular formula is C15H18N2O2. The van der Waals surface area contributed by atoms with E-state index in [0.717, 1.165) is 24.9 Å². The highest BCUT2D eigenvalue weighted by molar-refractivity contribution is 6.11. The van der Waals surface area contributed by atoms with E-state index in [2.05, 4.69) is 6.92 Å². The SMILES string of the molecule is CCCN1C(=O)[C@@H]2CCCN2C(=O)c2ccccc21. The lowest BCUT2D eigenvalue weighted by molar-refractivity contribution is -0.122. The van der Waals surface area contributed by atoms with Crippen LogP contribution in [0.15, 0.2) is 24.3 Å². The summed E-state index contributed by atoms with van der Waals surface area (Å²) in [5.41, 5.74) is 1.43. The molecule has 4 heteroatoms. The Kier molecular flexibility index (Phi) is 3.01. The van der Waals surface area contributed by atoms with E-state index in [-0.39, 0.29) is 17.9 Å². The number of carbonyl (C=O) groups excluding carboxylic acids is 2. The molecule has 0 bridgehead atoms. The number of rotatable bonds is 2. The van der Waals surface area contributed by atoms with Crippen LogP contribution in [0.4, 0.5) is 5.69 Å². The molecule has 1 fully saturated rings. The number of fused-ring (bicyclic) bond motifs is 2. The predicted molar refractivity (Wildman–Crippen MR) is 73.1 cm³/mol. The molecule has 1 aromatic carbocycles. The fraction of sp³-hybridized carbons (Fsp3) is 0.467. The van der Waals surface area contributed by atoms with Crippen LogP contribution in [0.2, 0.25) is 0 Å². The summed E-state index contributed by atoms with van der Waals surface area (Å²) in [5.74, 6) is 0.0858. The summed E-state index contributed by atoms with van der Waals surface area (Å²) < 4.78 is 0. The van der Waals surface area contributed by atoms with E-state index in [1.165, 1.54) is 0 Å². The van der Waals surface area contributed by atoms with Gasteiger partial charge < -0.3 is 9.80 Å². The van der Waals surface area contributed by atoms with Gasteiger partial charge in [-0.05, 0) is 31.4 Å². The van der Waals surface area contributed by atoms with Crippen molar-refractivity contribution >= 4 is 17.5 Å². The van der Waals surface area contributed by atoms with Crippen LogP contribution in [0.25, 0.3) is 0 Å². The van der Waals surface area contributed by atoms with Crippen molar-refractivity contribution in [2.75, 3.05) is 18.0 Å². The highest BCUT2D eigenvalue weighted by Gasteiger charge is 2.41. The highest BCUT2D eigenvalue weighted by Crippen LogP contribution is 2.32. The first-order valence-corrected chi connectivity index (χ1v) is 6.95. The molecule has 0 spiro atoms. The molecule has 1 aromatic rings. The minimum Gasteiger partial charge on any atom is -0.327 e. The van der Waals surface area contributed by atoms with Gasteiger partial charge in [0.15, 0.2) is 0 Å². The lowest BCUT2D eigenvalue weighted by atomic mass is 10.1. The first-order chi connectivity index (χ1) is 9.24. The van der Waals surface area contributed by atoms with Crippen LogP contribution in [0.1, 0.15) is 36.5 Å². The average Bonchev–Trinajstić information content (AvgIpc) is 2.90. The second kappa shape index (κ2) is 4.68. The van der Waals surface area contributed by atoms with Gasteiger partial charge in [0.1, 0.15) is 6.04 Å². The lowest BCUT2D eigenvalue weighted by Crippen LogP contribution is -2.45. The number of hydrogen-bond donors (Lipinski definition) is 0. The highest BCUT2D eigenvalue weighted by atomic mass is 16.2. The molecule has 0 aromatic heterocycles. The van der Waals surface area contributed by atoms with Crippen molar-refractivity contribution in [3.05, 3.63) is 29.8 Å². The first kappa shape index (κ1) is 12.2. The predicted octanol–water partition coefficient (Wildman–Crippen LogP) is 2.05. The van der Waals surface area contributed by atoms with Crippen LogP contribution in [0.5, 0.6) is 0 Å². The van der Waals surface area contributed by atoms with Crippen LogP contribution in [-0.4, -0.2) is 35.8 Å². The van der Waals surface area contributed by atoms with Crippen molar-refractivity contribution in [3.63, 3.8) is 0 Å². The summed E-state index contributed by atoms with van der Waals surface area (Å²) in [7, 11) is 0. The molecule has 0 aliphatic carbocycles. The van der Waals surface area contributed by atoms with Gasteiger partial charge in [-0.2, -0.15) is 0 Å². The molecule has 2 aliphatic rings. The topological polar surface area (TPSA) is 40.6 Å². The van der Waals surface area contributed by atoms with Crippen LogP contribution in [-0.2, 0) is 4.79 Å². The molecule has 0 saturated carbocycles. The van der Waals surface area contributed by atoms with Gasteiger partial charge in [-0.25, -0.2) is 0 Å². The summed E-state index contributed by atoms with van der Waals surface area (Å²) in [4.78, 5) is 28.8. The van der Waals surface area contributed by atoms with Gasteiger partial charge in [-0.15, -0.1) is 0 Å². The smallest absolute Gasteiger partial charge is 0.256 e. The Balaban J connectivity index is 2.13. The number of carbonyl (C=O) groups is 2. The maximum atomic E-state index is 12.7. The van der Waals surface area contributed by atoms with Crippen LogP contribution in [0.3, 0.4) is 0 Å². The van der Waals surface area contributed by atoms with E-state index < -0.39 is 0 Å². The first-order valence-electron chi connectivity index (χ1n) is 6.95. The van der Waals surface area contributed by atoms with Gasteiger partial charge in [-0.3, -0.25) is 9.59 Å². The van der Waals surface area contributed by atoms with Gasteiger partial charge in [-0.1, -0.05) is 19.1 Å². The minimum absolute atomic E-state index is 0.00468. The Bertz CT molecular complexity index is 527. The maximum Gasteiger partial charge on any atom is 0.256 e. The molecule has 2 amide bonds. The number of benzene rings is 1. The molecule has 0 N–H and O–H groups in total. The van der Waals surface area contributed by atoms with E-state index in [4.69, 9.17) is 0 Å². The fourth-order valence-corrected chi connectivity index (χ4v) is 3.06. The summed E-state index contributed by atoms with van der Waals surface area (Å²) in [5, 5.41) is 0. The average molecular weight is 258 g/mol. The van der Waals surface area contributed by atoms with Crippen molar-refractivity contribution < 1.29 is 9.59 Å². The third-order valence-electron chi connectivity index (χ3n) is 3.94. The molecule has 1 atom stereocenters. The Hall–Kier alpha value is -1.84. The van der Waals surface area contributed by atoms with Crippen LogP contribution in [0, 0.1) is 0 Å². The van der Waals surface area contributed by atoms with Crippen molar-refractivity contribution in [1.29, 1.82) is 0 Å². The van der Waals surface area contributed by atoms with Crippen molar-refractivity contribution in [2.24, 2.45) is 0 Å². The summed E-state index contributed by atoms with van der Waals surface area (Å²) >= 11 is 0. The van der Waals surface area contributed by atoms with Gasteiger partial charge >= 0.3 is 0 Å². The molecule has 0 radical (unpaired) electrons. The standard InChI is InChI=1S/C15H18N2O2/c1-2-9-16-12-7-4-3-6-11(12)14(18)17-10-5-8-13(17)15(16)19/h3-4,6-7,13H,2,5,8-10H2,1H3/t13-/m0/s1. The summed E-state index contributed by atoms with van der Waals surface area (Å²) in [6, 6.07) is 7.20. The molecule has 19 heavy (non-hydrogen) atoms. The third kappa shape index (κ3) is 1.82. The van der Waals surface area contributed by atoms with E-state index in [1.54, 1.807) is 9.80 Å². The Labute approximate surface area is 113 Å². The second-order valence-electron chi connectivity index (χ2n) is 5.16. The largest absolute Gasteiger partial charge is 0.327 e. The Morgan fingerprint density at radius 3 is 2.84 bits per heavy atom. The second-order valence-corrected chi connectivity index (χ2v) is 5.16. The zero-order valence-electron chi connectivity index (χ0n) is 11.1. The monoisotopic (exact) mass is 258 g/mol. The number of hydrogen-bond acceptors (Lipinski definition) is 2. The van der Waals surface area contributed by atoms with E-state index in [1.807, 2.05) is 24.3 Å². The van der Waals surface area contributed by atoms with Crippen molar-refractivity contribution in [1.82, 2.24) is 4.90 Å². The molecule has 1 saturated heterocycles. The number of para-hydroxylation sites is 1. The Morgan fingerprint density at radius 1 is 1.26 bits per heavy atom. The zero-order valence-corrected chi connectivity index (χ0v) is 11.1. The third-order valence-corrected chi connectivity index (χ3v) is 3.94. The zero-order chi connectivity index (χ0) is 13.4. The molecule has 100 valence electrons. The van der Waals surface area contributed by atoms with Gasteiger partial charge in [0, 0.05) is 13.1 Å². The lowest BCUT2D eigenvalue weighted by Gasteiger charge is -2.25. The van der Waals surface area contributed by atoms with Crippen molar-refractivity contribution in [2.45, 2.75) is 32.2 Å². The molecule has 3 rings (SSSR count). The maximum absolute atomic E-state index is 12.7. The number of anilines is 1. The number of amides is 2. The van der Waals surface area contributed by atoms with Crippen molar-refractivity contribution in [3.8, 4) is 0 Å². The van der Waals surface area contributed by atoms with Crippen LogP contribution < -0.4 is 4.90 Å². The van der Waals surface area contributed by atoms with Gasteiger partial charge in [0.25, 0.3) is 5.91 Å². The number of nitrogens with zero attached hydrogens (tertiary/aromatic N) is 2. The fourth-order valence-electron chi connectivity index (χ4n) is 3.06. The van der Waals surface area contributed by atoms with E-state index in [9.17, 15) is 9.59 Å². The molecular weight excluding hydrogens is 240 g/mol. The quantitative estimate of drug-likeness (QED) is 0.814.